The highest BCUT2D eigenvalue weighted by atomic mass is 35.5. The van der Waals surface area contributed by atoms with E-state index in [0.29, 0.717) is 10.8 Å². The Kier molecular flexibility index (Phi) is 3.16. The van der Waals surface area contributed by atoms with Crippen LogP contribution in [-0.2, 0) is 0 Å². The SMILES string of the molecule is Cc1nc(-c2cccc(Cl)c2)cn1-c1cccc(O)n1. The Morgan fingerprint density at radius 2 is 1.90 bits per heavy atom. The van der Waals surface area contributed by atoms with Gasteiger partial charge in [0.1, 0.15) is 11.6 Å². The lowest BCUT2D eigenvalue weighted by molar-refractivity contribution is 0.452. The first kappa shape index (κ1) is 12.7. The molecule has 20 heavy (non-hydrogen) atoms. The molecule has 2 heterocycles. The van der Waals surface area contributed by atoms with Crippen molar-refractivity contribution in [3.05, 3.63) is 59.5 Å². The molecule has 4 nitrogen and oxygen atoms in total. The molecule has 0 aliphatic rings. The molecule has 0 saturated carbocycles. The van der Waals surface area contributed by atoms with Crippen LogP contribution in [0.15, 0.2) is 48.7 Å². The molecule has 1 N–H and O–H groups in total. The summed E-state index contributed by atoms with van der Waals surface area (Å²) >= 11 is 6.00. The number of pyridine rings is 1. The second-order valence-electron chi connectivity index (χ2n) is 4.41. The fourth-order valence-corrected chi connectivity index (χ4v) is 2.23. The van der Waals surface area contributed by atoms with Crippen LogP contribution in [0.25, 0.3) is 17.1 Å². The average Bonchev–Trinajstić information content (AvgIpc) is 2.81. The van der Waals surface area contributed by atoms with Gasteiger partial charge >= 0.3 is 0 Å². The van der Waals surface area contributed by atoms with E-state index in [2.05, 4.69) is 9.97 Å². The molecule has 0 bridgehead atoms. The van der Waals surface area contributed by atoms with E-state index < -0.39 is 0 Å². The first-order chi connectivity index (χ1) is 9.63. The Hall–Kier alpha value is -2.33. The van der Waals surface area contributed by atoms with Gasteiger partial charge in [0.15, 0.2) is 0 Å². The Morgan fingerprint density at radius 1 is 1.10 bits per heavy atom. The van der Waals surface area contributed by atoms with Crippen LogP contribution in [0.3, 0.4) is 0 Å². The third kappa shape index (κ3) is 2.38. The van der Waals surface area contributed by atoms with Crippen LogP contribution < -0.4 is 0 Å². The monoisotopic (exact) mass is 285 g/mol. The number of nitrogens with zero attached hydrogens (tertiary/aromatic N) is 3. The van der Waals surface area contributed by atoms with Gasteiger partial charge in [-0.15, -0.1) is 0 Å². The second kappa shape index (κ2) is 4.98. The predicted octanol–water partition coefficient (Wildman–Crippen LogP) is 3.60. The van der Waals surface area contributed by atoms with Crippen molar-refractivity contribution in [2.75, 3.05) is 0 Å². The number of hydrogen-bond acceptors (Lipinski definition) is 3. The van der Waals surface area contributed by atoms with Crippen LogP contribution in [0.4, 0.5) is 0 Å². The summed E-state index contributed by atoms with van der Waals surface area (Å²) in [4.78, 5) is 8.59. The summed E-state index contributed by atoms with van der Waals surface area (Å²) in [5.74, 6) is 1.40. The van der Waals surface area contributed by atoms with Gasteiger partial charge in [-0.25, -0.2) is 4.98 Å². The van der Waals surface area contributed by atoms with Crippen molar-refractivity contribution in [2.24, 2.45) is 0 Å². The second-order valence-corrected chi connectivity index (χ2v) is 4.84. The van der Waals surface area contributed by atoms with Crippen molar-refractivity contribution in [3.63, 3.8) is 0 Å². The maximum atomic E-state index is 9.46. The molecule has 0 unspecified atom stereocenters. The molecular formula is C15H12ClN3O. The highest BCUT2D eigenvalue weighted by Gasteiger charge is 2.09. The minimum atomic E-state index is -0.0140. The maximum absolute atomic E-state index is 9.46. The Labute approximate surface area is 121 Å². The van der Waals surface area contributed by atoms with Crippen molar-refractivity contribution in [3.8, 4) is 23.0 Å². The molecule has 0 radical (unpaired) electrons. The smallest absolute Gasteiger partial charge is 0.212 e. The summed E-state index contributed by atoms with van der Waals surface area (Å²) < 4.78 is 1.83. The van der Waals surface area contributed by atoms with E-state index in [9.17, 15) is 5.11 Å². The van der Waals surface area contributed by atoms with Gasteiger partial charge in [-0.3, -0.25) is 4.57 Å². The molecule has 5 heteroatoms. The van der Waals surface area contributed by atoms with Crippen LogP contribution in [-0.4, -0.2) is 19.6 Å². The first-order valence-corrected chi connectivity index (χ1v) is 6.49. The lowest BCUT2D eigenvalue weighted by atomic mass is 10.2. The molecule has 3 aromatic rings. The van der Waals surface area contributed by atoms with E-state index in [0.717, 1.165) is 17.1 Å². The third-order valence-electron chi connectivity index (χ3n) is 2.97. The van der Waals surface area contributed by atoms with E-state index in [-0.39, 0.29) is 5.88 Å². The topological polar surface area (TPSA) is 50.9 Å². The molecule has 0 saturated heterocycles. The van der Waals surface area contributed by atoms with Gasteiger partial charge in [-0.1, -0.05) is 29.8 Å². The molecule has 0 fully saturated rings. The van der Waals surface area contributed by atoms with Crippen molar-refractivity contribution < 1.29 is 5.11 Å². The van der Waals surface area contributed by atoms with Gasteiger partial charge in [-0.2, -0.15) is 4.98 Å². The van der Waals surface area contributed by atoms with Crippen LogP contribution in [0.2, 0.25) is 5.02 Å². The summed E-state index contributed by atoms with van der Waals surface area (Å²) in [5, 5.41) is 10.1. The van der Waals surface area contributed by atoms with Crippen molar-refractivity contribution >= 4 is 11.6 Å². The van der Waals surface area contributed by atoms with Crippen LogP contribution >= 0.6 is 11.6 Å². The number of aryl methyl sites for hydroxylation is 1. The number of halogens is 1. The lowest BCUT2D eigenvalue weighted by Gasteiger charge is -2.03. The molecule has 2 aromatic heterocycles. The van der Waals surface area contributed by atoms with Gasteiger partial charge in [0.05, 0.1) is 5.69 Å². The zero-order valence-corrected chi connectivity index (χ0v) is 11.5. The fourth-order valence-electron chi connectivity index (χ4n) is 2.04. The van der Waals surface area contributed by atoms with Gasteiger partial charge in [-0.05, 0) is 25.1 Å². The first-order valence-electron chi connectivity index (χ1n) is 6.12. The fraction of sp³-hybridized carbons (Fsp3) is 0.0667. The summed E-state index contributed by atoms with van der Waals surface area (Å²) in [6.07, 6.45) is 1.88. The standard InChI is InChI=1S/C15H12ClN3O/c1-10-17-13(11-4-2-5-12(16)8-11)9-19(10)14-6-3-7-15(20)18-14/h2-9H,1H3,(H,18,20). The number of rotatable bonds is 2. The minimum Gasteiger partial charge on any atom is -0.493 e. The van der Waals surface area contributed by atoms with Gasteiger partial charge in [0.2, 0.25) is 5.88 Å². The summed E-state index contributed by atoms with van der Waals surface area (Å²) in [7, 11) is 0. The molecule has 100 valence electrons. The highest BCUT2D eigenvalue weighted by Crippen LogP contribution is 2.23. The summed E-state index contributed by atoms with van der Waals surface area (Å²) in [6.45, 7) is 1.89. The third-order valence-corrected chi connectivity index (χ3v) is 3.20. The van der Waals surface area contributed by atoms with Crippen molar-refractivity contribution in [1.29, 1.82) is 0 Å². The minimum absolute atomic E-state index is 0.0140. The van der Waals surface area contributed by atoms with Gasteiger partial charge in [0.25, 0.3) is 0 Å². The Balaban J connectivity index is 2.08. The number of aromatic nitrogens is 3. The molecule has 0 atom stereocenters. The number of hydrogen-bond donors (Lipinski definition) is 1. The quantitative estimate of drug-likeness (QED) is 0.782. The van der Waals surface area contributed by atoms with E-state index in [4.69, 9.17) is 11.6 Å². The average molecular weight is 286 g/mol. The molecule has 0 aliphatic heterocycles. The number of benzene rings is 1. The molecular weight excluding hydrogens is 274 g/mol. The lowest BCUT2D eigenvalue weighted by Crippen LogP contribution is -1.97. The molecule has 0 spiro atoms. The van der Waals surface area contributed by atoms with Crippen LogP contribution in [0.1, 0.15) is 5.82 Å². The van der Waals surface area contributed by atoms with Crippen LogP contribution in [0, 0.1) is 6.92 Å². The normalized spacial score (nSPS) is 10.7. The van der Waals surface area contributed by atoms with Crippen LogP contribution in [0.5, 0.6) is 5.88 Å². The number of imidazole rings is 1. The van der Waals surface area contributed by atoms with Gasteiger partial charge < -0.3 is 5.11 Å². The van der Waals surface area contributed by atoms with Crippen molar-refractivity contribution in [1.82, 2.24) is 14.5 Å². The summed E-state index contributed by atoms with van der Waals surface area (Å²) in [6, 6.07) is 12.6. The molecule has 0 aliphatic carbocycles. The van der Waals surface area contributed by atoms with E-state index in [1.807, 2.05) is 48.0 Å². The number of aromatic hydroxyl groups is 1. The summed E-state index contributed by atoms with van der Waals surface area (Å²) in [5.41, 5.74) is 1.76. The zero-order valence-electron chi connectivity index (χ0n) is 10.8. The van der Waals surface area contributed by atoms with E-state index in [1.165, 1.54) is 6.07 Å². The molecule has 3 rings (SSSR count). The highest BCUT2D eigenvalue weighted by molar-refractivity contribution is 6.30. The van der Waals surface area contributed by atoms with E-state index in [1.54, 1.807) is 6.07 Å². The Morgan fingerprint density at radius 3 is 2.65 bits per heavy atom. The van der Waals surface area contributed by atoms with E-state index >= 15 is 0 Å². The molecule has 1 aromatic carbocycles. The Bertz CT molecular complexity index is 767. The van der Waals surface area contributed by atoms with Crippen molar-refractivity contribution in [2.45, 2.75) is 6.92 Å². The zero-order chi connectivity index (χ0) is 14.1. The molecule has 0 amide bonds. The predicted molar refractivity (Wildman–Crippen MR) is 78.2 cm³/mol. The maximum Gasteiger partial charge on any atom is 0.212 e. The largest absolute Gasteiger partial charge is 0.493 e. The van der Waals surface area contributed by atoms with Gasteiger partial charge in [0, 0.05) is 22.8 Å².